The van der Waals surface area contributed by atoms with Crippen LogP contribution in [-0.4, -0.2) is 42.1 Å². The Labute approximate surface area is 207 Å². The maximum atomic E-state index is 13.7. The fourth-order valence-electron chi connectivity index (χ4n) is 3.77. The Morgan fingerprint density at radius 3 is 2.47 bits per heavy atom. The van der Waals surface area contributed by atoms with E-state index >= 15 is 0 Å². The van der Waals surface area contributed by atoms with Crippen molar-refractivity contribution in [2.24, 2.45) is 0 Å². The van der Waals surface area contributed by atoms with Crippen LogP contribution in [0.15, 0.2) is 60.8 Å². The first-order valence-corrected chi connectivity index (χ1v) is 11.2. The number of anilines is 3. The fraction of sp³-hybridized carbons (Fsp3) is 0.192. The number of ether oxygens (including phenoxy) is 1. The van der Waals surface area contributed by atoms with E-state index in [1.807, 2.05) is 37.3 Å². The van der Waals surface area contributed by atoms with Crippen LogP contribution in [0.25, 0.3) is 5.57 Å². The minimum atomic E-state index is -0.933. The number of methoxy groups -OCH3 is 1. The maximum absolute atomic E-state index is 13.7. The van der Waals surface area contributed by atoms with Gasteiger partial charge in [0.05, 0.1) is 19.0 Å². The third-order valence-corrected chi connectivity index (χ3v) is 5.65. The lowest BCUT2D eigenvalue weighted by Crippen LogP contribution is -2.38. The molecule has 0 saturated heterocycles. The van der Waals surface area contributed by atoms with Gasteiger partial charge in [-0.1, -0.05) is 24.3 Å². The maximum Gasteiger partial charge on any atom is 0.323 e. The quantitative estimate of drug-likeness (QED) is 0.429. The standard InChI is InChI=1S/C26H25F2N5O3/c1-16-3-8-23(36-2)22(13-16)31-25(34)30-20-6-4-17(5-7-20)18-9-11-33(12-10-18)26(35)32-24-21(28)14-19(27)15-29-24/h3-9,13-15H,10-12H2,1-2H3,(H,29,32,35)(H2,30,31,34). The molecule has 2 heterocycles. The number of carbonyl (C=O) groups is 2. The van der Waals surface area contributed by atoms with Crippen LogP contribution >= 0.6 is 0 Å². The van der Waals surface area contributed by atoms with Gasteiger partial charge in [0.2, 0.25) is 0 Å². The van der Waals surface area contributed by atoms with E-state index in [0.29, 0.717) is 42.7 Å². The number of amides is 4. The molecule has 3 aromatic rings. The molecule has 4 amide bonds. The number of rotatable bonds is 5. The number of hydrogen-bond acceptors (Lipinski definition) is 4. The lowest BCUT2D eigenvalue weighted by Gasteiger charge is -2.26. The first-order valence-electron chi connectivity index (χ1n) is 11.2. The summed E-state index contributed by atoms with van der Waals surface area (Å²) in [5.74, 6) is -1.50. The summed E-state index contributed by atoms with van der Waals surface area (Å²) >= 11 is 0. The highest BCUT2D eigenvalue weighted by molar-refractivity contribution is 6.00. The Hall–Kier alpha value is -4.47. The molecule has 2 aromatic carbocycles. The highest BCUT2D eigenvalue weighted by atomic mass is 19.1. The summed E-state index contributed by atoms with van der Waals surface area (Å²) in [6.07, 6.45) is 3.35. The normalized spacial score (nSPS) is 13.0. The summed E-state index contributed by atoms with van der Waals surface area (Å²) < 4.78 is 32.0. The van der Waals surface area contributed by atoms with E-state index in [4.69, 9.17) is 4.74 Å². The van der Waals surface area contributed by atoms with E-state index in [0.717, 1.165) is 22.9 Å². The van der Waals surface area contributed by atoms with Crippen LogP contribution in [0.3, 0.4) is 0 Å². The third-order valence-electron chi connectivity index (χ3n) is 5.65. The average molecular weight is 494 g/mol. The van der Waals surface area contributed by atoms with Crippen molar-refractivity contribution in [3.63, 3.8) is 0 Å². The number of nitrogens with one attached hydrogen (secondary N) is 3. The topological polar surface area (TPSA) is 95.6 Å². The number of halogens is 2. The molecule has 0 saturated carbocycles. The van der Waals surface area contributed by atoms with Crippen molar-refractivity contribution < 1.29 is 23.1 Å². The van der Waals surface area contributed by atoms with Gasteiger partial charge in [0.25, 0.3) is 0 Å². The van der Waals surface area contributed by atoms with E-state index in [-0.39, 0.29) is 5.82 Å². The van der Waals surface area contributed by atoms with Gasteiger partial charge in [0.1, 0.15) is 11.6 Å². The SMILES string of the molecule is COc1ccc(C)cc1NC(=O)Nc1ccc(C2=CCN(C(=O)Nc3ncc(F)cc3F)CC2)cc1. The summed E-state index contributed by atoms with van der Waals surface area (Å²) in [6, 6.07) is 12.7. The van der Waals surface area contributed by atoms with Crippen molar-refractivity contribution in [3.05, 3.63) is 83.6 Å². The van der Waals surface area contributed by atoms with Gasteiger partial charge in [-0.15, -0.1) is 0 Å². The molecule has 0 radical (unpaired) electrons. The number of pyridine rings is 1. The number of urea groups is 2. The molecule has 1 aliphatic heterocycles. The molecule has 8 nitrogen and oxygen atoms in total. The van der Waals surface area contributed by atoms with E-state index in [1.54, 1.807) is 25.3 Å². The highest BCUT2D eigenvalue weighted by Crippen LogP contribution is 2.26. The summed E-state index contributed by atoms with van der Waals surface area (Å²) in [7, 11) is 1.54. The number of nitrogens with zero attached hydrogens (tertiary/aromatic N) is 2. The second-order valence-corrected chi connectivity index (χ2v) is 8.20. The zero-order chi connectivity index (χ0) is 25.7. The number of aromatic nitrogens is 1. The molecule has 36 heavy (non-hydrogen) atoms. The Balaban J connectivity index is 1.33. The van der Waals surface area contributed by atoms with Gasteiger partial charge in [0, 0.05) is 24.8 Å². The minimum Gasteiger partial charge on any atom is -0.495 e. The van der Waals surface area contributed by atoms with Crippen molar-refractivity contribution in [2.75, 3.05) is 36.1 Å². The molecule has 0 bridgehead atoms. The summed E-state index contributed by atoms with van der Waals surface area (Å²) in [5, 5.41) is 7.96. The Kier molecular flexibility index (Phi) is 7.43. The molecular weight excluding hydrogens is 468 g/mol. The average Bonchev–Trinajstić information content (AvgIpc) is 2.86. The molecule has 1 aliphatic rings. The second kappa shape index (κ2) is 10.9. The molecule has 3 N–H and O–H groups in total. The largest absolute Gasteiger partial charge is 0.495 e. The van der Waals surface area contributed by atoms with Crippen LogP contribution in [0.5, 0.6) is 5.75 Å². The molecule has 0 fully saturated rings. The molecule has 1 aromatic heterocycles. The predicted molar refractivity (Wildman–Crippen MR) is 134 cm³/mol. The van der Waals surface area contributed by atoms with E-state index in [1.165, 1.54) is 4.90 Å². The van der Waals surface area contributed by atoms with Gasteiger partial charge in [-0.25, -0.2) is 23.4 Å². The van der Waals surface area contributed by atoms with Crippen LogP contribution in [0, 0.1) is 18.6 Å². The smallest absolute Gasteiger partial charge is 0.323 e. The fourth-order valence-corrected chi connectivity index (χ4v) is 3.77. The number of benzene rings is 2. The first kappa shape index (κ1) is 24.6. The number of aryl methyl sites for hydroxylation is 1. The van der Waals surface area contributed by atoms with Gasteiger partial charge in [-0.2, -0.15) is 0 Å². The summed E-state index contributed by atoms with van der Waals surface area (Å²) in [6.45, 7) is 2.67. The van der Waals surface area contributed by atoms with Crippen LogP contribution in [0.1, 0.15) is 17.5 Å². The van der Waals surface area contributed by atoms with Crippen molar-refractivity contribution >= 4 is 34.8 Å². The molecule has 0 spiro atoms. The molecule has 10 heteroatoms. The van der Waals surface area contributed by atoms with E-state index < -0.39 is 23.7 Å². The molecular formula is C26H25F2N5O3. The summed E-state index contributed by atoms with van der Waals surface area (Å²) in [5.41, 5.74) is 4.20. The Morgan fingerprint density at radius 1 is 1.03 bits per heavy atom. The lowest BCUT2D eigenvalue weighted by atomic mass is 9.99. The number of carbonyl (C=O) groups excluding carboxylic acids is 2. The molecule has 0 atom stereocenters. The van der Waals surface area contributed by atoms with Gasteiger partial charge in [-0.05, 0) is 54.3 Å². The van der Waals surface area contributed by atoms with E-state index in [9.17, 15) is 18.4 Å². The van der Waals surface area contributed by atoms with Crippen LogP contribution < -0.4 is 20.7 Å². The van der Waals surface area contributed by atoms with Gasteiger partial charge < -0.3 is 20.3 Å². The van der Waals surface area contributed by atoms with E-state index in [2.05, 4.69) is 20.9 Å². The summed E-state index contributed by atoms with van der Waals surface area (Å²) in [4.78, 5) is 29.9. The highest BCUT2D eigenvalue weighted by Gasteiger charge is 2.20. The first-order chi connectivity index (χ1) is 17.3. The minimum absolute atomic E-state index is 0.316. The second-order valence-electron chi connectivity index (χ2n) is 8.20. The van der Waals surface area contributed by atoms with Crippen LogP contribution in [-0.2, 0) is 0 Å². The molecule has 4 rings (SSSR count). The van der Waals surface area contributed by atoms with Gasteiger partial charge in [0.15, 0.2) is 11.6 Å². The van der Waals surface area contributed by atoms with Crippen molar-refractivity contribution in [1.82, 2.24) is 9.88 Å². The molecule has 186 valence electrons. The Bertz CT molecular complexity index is 1310. The van der Waals surface area contributed by atoms with Crippen LogP contribution in [0.4, 0.5) is 35.6 Å². The molecule has 0 unspecified atom stereocenters. The monoisotopic (exact) mass is 493 g/mol. The van der Waals surface area contributed by atoms with Gasteiger partial charge in [-0.3, -0.25) is 5.32 Å². The van der Waals surface area contributed by atoms with Gasteiger partial charge >= 0.3 is 12.1 Å². The zero-order valence-electron chi connectivity index (χ0n) is 19.8. The number of hydrogen-bond donors (Lipinski definition) is 3. The van der Waals surface area contributed by atoms with Crippen molar-refractivity contribution in [3.8, 4) is 5.75 Å². The zero-order valence-corrected chi connectivity index (χ0v) is 19.8. The molecule has 0 aliphatic carbocycles. The van der Waals surface area contributed by atoms with Crippen molar-refractivity contribution in [2.45, 2.75) is 13.3 Å². The van der Waals surface area contributed by atoms with Crippen molar-refractivity contribution in [1.29, 1.82) is 0 Å². The third kappa shape index (κ3) is 5.96. The predicted octanol–water partition coefficient (Wildman–Crippen LogP) is 5.64. The Morgan fingerprint density at radius 2 is 1.81 bits per heavy atom. The van der Waals surface area contributed by atoms with Crippen LogP contribution in [0.2, 0.25) is 0 Å². The lowest BCUT2D eigenvalue weighted by molar-refractivity contribution is 0.216.